The highest BCUT2D eigenvalue weighted by molar-refractivity contribution is 7.92. The van der Waals surface area contributed by atoms with E-state index in [0.717, 1.165) is 9.87 Å². The summed E-state index contributed by atoms with van der Waals surface area (Å²) in [6.45, 7) is 2.31. The van der Waals surface area contributed by atoms with Gasteiger partial charge in [-0.1, -0.05) is 24.3 Å². The van der Waals surface area contributed by atoms with Crippen LogP contribution >= 0.6 is 0 Å². The van der Waals surface area contributed by atoms with Crippen LogP contribution in [0.25, 0.3) is 0 Å². The normalized spacial score (nSPS) is 13.4. The molecule has 3 aromatic carbocycles. The van der Waals surface area contributed by atoms with E-state index in [1.165, 1.54) is 32.4 Å². The van der Waals surface area contributed by atoms with E-state index in [1.807, 2.05) is 19.1 Å². The number of ether oxygens (including phenoxy) is 4. The van der Waals surface area contributed by atoms with E-state index < -0.39 is 28.5 Å². The van der Waals surface area contributed by atoms with Crippen LogP contribution in [0.4, 0.5) is 5.69 Å². The molecule has 9 nitrogen and oxygen atoms in total. The van der Waals surface area contributed by atoms with E-state index >= 15 is 0 Å². The predicted molar refractivity (Wildman–Crippen MR) is 135 cm³/mol. The fourth-order valence-electron chi connectivity index (χ4n) is 3.84. The van der Waals surface area contributed by atoms with Gasteiger partial charge in [0.15, 0.2) is 23.0 Å². The van der Waals surface area contributed by atoms with Gasteiger partial charge in [0.2, 0.25) is 5.91 Å². The first kappa shape index (κ1) is 25.2. The van der Waals surface area contributed by atoms with E-state index in [4.69, 9.17) is 18.9 Å². The Morgan fingerprint density at radius 3 is 2.33 bits per heavy atom. The maximum Gasteiger partial charge on any atom is 0.264 e. The molecular formula is C26H28N2O7S. The molecule has 0 saturated carbocycles. The Labute approximate surface area is 210 Å². The minimum absolute atomic E-state index is 0.0625. The third-order valence-corrected chi connectivity index (χ3v) is 7.51. The van der Waals surface area contributed by atoms with Gasteiger partial charge in [-0.05, 0) is 48.9 Å². The number of sulfonamides is 1. The lowest BCUT2D eigenvalue weighted by Gasteiger charge is -2.26. The Balaban J connectivity index is 1.61. The topological polar surface area (TPSA) is 103 Å². The third kappa shape index (κ3) is 5.33. The zero-order valence-electron chi connectivity index (χ0n) is 20.3. The zero-order chi connectivity index (χ0) is 25.7. The summed E-state index contributed by atoms with van der Waals surface area (Å²) in [7, 11) is -1.12. The highest BCUT2D eigenvalue weighted by atomic mass is 32.2. The lowest BCUT2D eigenvalue weighted by molar-refractivity contribution is -0.120. The van der Waals surface area contributed by atoms with Crippen LogP contribution in [0.15, 0.2) is 71.6 Å². The highest BCUT2D eigenvalue weighted by Crippen LogP contribution is 2.34. The average molecular weight is 513 g/mol. The molecule has 1 N–H and O–H groups in total. The molecule has 0 radical (unpaired) electrons. The maximum atomic E-state index is 13.6. The van der Waals surface area contributed by atoms with Crippen molar-refractivity contribution in [3.05, 3.63) is 72.3 Å². The van der Waals surface area contributed by atoms with Gasteiger partial charge >= 0.3 is 0 Å². The standard InChI is InChI=1S/C26H28N2O7S/c1-18(19-9-11-23-25(15-19)35-14-13-34-23)27-26(29)17-28(36(30,31)21-7-5-4-6-8-21)20-10-12-22(32-2)24(16-20)33-3/h4-12,15-16,18H,13-14,17H2,1-3H3,(H,27,29)/t18-/m0/s1. The number of carbonyl (C=O) groups is 1. The second-order valence-corrected chi connectivity index (χ2v) is 9.92. The van der Waals surface area contributed by atoms with E-state index in [9.17, 15) is 13.2 Å². The first-order valence-electron chi connectivity index (χ1n) is 11.3. The summed E-state index contributed by atoms with van der Waals surface area (Å²) < 4.78 is 50.0. The monoisotopic (exact) mass is 512 g/mol. The molecule has 1 atom stereocenters. The Kier molecular flexibility index (Phi) is 7.54. The molecule has 3 aromatic rings. The minimum Gasteiger partial charge on any atom is -0.493 e. The largest absolute Gasteiger partial charge is 0.493 e. The fourth-order valence-corrected chi connectivity index (χ4v) is 5.28. The number of hydrogen-bond donors (Lipinski definition) is 1. The highest BCUT2D eigenvalue weighted by Gasteiger charge is 2.28. The minimum atomic E-state index is -4.07. The lowest BCUT2D eigenvalue weighted by Crippen LogP contribution is -2.41. The predicted octanol–water partition coefficient (Wildman–Crippen LogP) is 3.55. The zero-order valence-corrected chi connectivity index (χ0v) is 21.1. The van der Waals surface area contributed by atoms with Crippen molar-refractivity contribution in [3.63, 3.8) is 0 Å². The number of carbonyl (C=O) groups excluding carboxylic acids is 1. The van der Waals surface area contributed by atoms with Gasteiger partial charge in [0, 0.05) is 6.07 Å². The number of fused-ring (bicyclic) bond motifs is 1. The molecule has 1 aliphatic rings. The first-order valence-corrected chi connectivity index (χ1v) is 12.8. The molecule has 10 heteroatoms. The van der Waals surface area contributed by atoms with Gasteiger partial charge < -0.3 is 24.3 Å². The number of methoxy groups -OCH3 is 2. The number of nitrogens with one attached hydrogen (secondary N) is 1. The summed E-state index contributed by atoms with van der Waals surface area (Å²) in [5.41, 5.74) is 1.06. The molecule has 4 rings (SSSR count). The molecule has 1 aliphatic heterocycles. The lowest BCUT2D eigenvalue weighted by atomic mass is 10.1. The first-order chi connectivity index (χ1) is 17.3. The van der Waals surface area contributed by atoms with Crippen LogP contribution in [0, 0.1) is 0 Å². The SMILES string of the molecule is COc1ccc(N(CC(=O)N[C@@H](C)c2ccc3c(c2)OCCO3)S(=O)(=O)c2ccccc2)cc1OC. The van der Waals surface area contributed by atoms with Crippen LogP contribution < -0.4 is 28.6 Å². The second kappa shape index (κ2) is 10.8. The molecule has 0 unspecified atom stereocenters. The van der Waals surface area contributed by atoms with Crippen molar-refractivity contribution >= 4 is 21.6 Å². The summed E-state index contributed by atoms with van der Waals surface area (Å²) in [6, 6.07) is 17.7. The summed E-state index contributed by atoms with van der Waals surface area (Å²) >= 11 is 0. The van der Waals surface area contributed by atoms with Crippen molar-refractivity contribution in [2.45, 2.75) is 17.9 Å². The Bertz CT molecular complexity index is 1330. The maximum absolute atomic E-state index is 13.6. The molecular weight excluding hydrogens is 484 g/mol. The molecule has 0 aromatic heterocycles. The van der Waals surface area contributed by atoms with Crippen LogP contribution in [0.5, 0.6) is 23.0 Å². The van der Waals surface area contributed by atoms with Crippen molar-refractivity contribution in [3.8, 4) is 23.0 Å². The fraction of sp³-hybridized carbons (Fsp3) is 0.269. The molecule has 0 bridgehead atoms. The molecule has 0 spiro atoms. The number of amides is 1. The number of anilines is 1. The van der Waals surface area contributed by atoms with Gasteiger partial charge in [-0.2, -0.15) is 0 Å². The van der Waals surface area contributed by atoms with Gasteiger partial charge in [0.25, 0.3) is 10.0 Å². The van der Waals surface area contributed by atoms with Crippen LogP contribution in [0.3, 0.4) is 0 Å². The van der Waals surface area contributed by atoms with Crippen LogP contribution in [0.2, 0.25) is 0 Å². The molecule has 190 valence electrons. The van der Waals surface area contributed by atoms with Crippen molar-refractivity contribution in [2.75, 3.05) is 38.3 Å². The molecule has 0 fully saturated rings. The summed E-state index contributed by atoms with van der Waals surface area (Å²) in [4.78, 5) is 13.2. The summed E-state index contributed by atoms with van der Waals surface area (Å²) in [6.07, 6.45) is 0. The summed E-state index contributed by atoms with van der Waals surface area (Å²) in [5, 5.41) is 2.88. The Hall–Kier alpha value is -3.92. The van der Waals surface area contributed by atoms with Crippen molar-refractivity contribution < 1.29 is 32.2 Å². The second-order valence-electron chi connectivity index (χ2n) is 8.06. The van der Waals surface area contributed by atoms with E-state index in [1.54, 1.807) is 36.4 Å². The van der Waals surface area contributed by atoms with Crippen LogP contribution in [0.1, 0.15) is 18.5 Å². The molecule has 0 saturated heterocycles. The number of rotatable bonds is 9. The van der Waals surface area contributed by atoms with Gasteiger partial charge in [-0.15, -0.1) is 0 Å². The van der Waals surface area contributed by atoms with Crippen LogP contribution in [-0.2, 0) is 14.8 Å². The summed E-state index contributed by atoms with van der Waals surface area (Å²) in [5.74, 6) is 1.56. The van der Waals surface area contributed by atoms with Gasteiger partial charge in [-0.3, -0.25) is 9.10 Å². The van der Waals surface area contributed by atoms with Crippen molar-refractivity contribution in [1.82, 2.24) is 5.32 Å². The van der Waals surface area contributed by atoms with Crippen LogP contribution in [-0.4, -0.2) is 48.3 Å². The third-order valence-electron chi connectivity index (χ3n) is 5.72. The van der Waals surface area contributed by atoms with Crippen molar-refractivity contribution in [1.29, 1.82) is 0 Å². The van der Waals surface area contributed by atoms with E-state index in [2.05, 4.69) is 5.32 Å². The van der Waals surface area contributed by atoms with Gasteiger partial charge in [0.05, 0.1) is 30.8 Å². The number of nitrogens with zero attached hydrogens (tertiary/aromatic N) is 1. The van der Waals surface area contributed by atoms with E-state index in [-0.39, 0.29) is 10.6 Å². The quantitative estimate of drug-likeness (QED) is 0.468. The molecule has 0 aliphatic carbocycles. The van der Waals surface area contributed by atoms with Gasteiger partial charge in [-0.25, -0.2) is 8.42 Å². The molecule has 1 amide bonds. The van der Waals surface area contributed by atoms with E-state index in [0.29, 0.717) is 36.2 Å². The number of hydrogen-bond acceptors (Lipinski definition) is 7. The Morgan fingerprint density at radius 2 is 1.64 bits per heavy atom. The Morgan fingerprint density at radius 1 is 0.944 bits per heavy atom. The average Bonchev–Trinajstić information content (AvgIpc) is 2.91. The smallest absolute Gasteiger partial charge is 0.264 e. The van der Waals surface area contributed by atoms with Crippen molar-refractivity contribution in [2.24, 2.45) is 0 Å². The number of benzene rings is 3. The molecule has 36 heavy (non-hydrogen) atoms. The molecule has 1 heterocycles. The van der Waals surface area contributed by atoms with Gasteiger partial charge in [0.1, 0.15) is 19.8 Å².